The second-order valence-electron chi connectivity index (χ2n) is 21.2. The van der Waals surface area contributed by atoms with Crippen LogP contribution in [0.4, 0.5) is 23.7 Å². The summed E-state index contributed by atoms with van der Waals surface area (Å²) >= 11 is 5.90. The Labute approximate surface area is 540 Å². The van der Waals surface area contributed by atoms with Gasteiger partial charge in [0, 0.05) is 50.6 Å². The van der Waals surface area contributed by atoms with Crippen molar-refractivity contribution in [3.63, 3.8) is 0 Å². The first-order valence-corrected chi connectivity index (χ1v) is 29.2. The zero-order valence-electron chi connectivity index (χ0n) is 50.3. The Morgan fingerprint density at radius 1 is 0.447 bits per heavy atom. The van der Waals surface area contributed by atoms with Crippen molar-refractivity contribution in [2.75, 3.05) is 22.9 Å². The Balaban J connectivity index is 0.000000134. The summed E-state index contributed by atoms with van der Waals surface area (Å²) in [6.45, 7) is 7.37. The number of nitrogen functional groups attached to an aromatic ring is 4. The fourth-order valence-electron chi connectivity index (χ4n) is 10.00. The van der Waals surface area contributed by atoms with Crippen molar-refractivity contribution in [1.29, 1.82) is 0 Å². The second kappa shape index (κ2) is 27.7. The minimum absolute atomic E-state index is 0.0201. The van der Waals surface area contributed by atoms with Crippen molar-refractivity contribution >= 4 is 81.0 Å². The van der Waals surface area contributed by atoms with Crippen molar-refractivity contribution in [2.45, 2.75) is 39.3 Å². The number of ether oxygens (including phenoxy) is 4. The molecule has 0 unspecified atom stereocenters. The molecule has 0 saturated heterocycles. The van der Waals surface area contributed by atoms with Crippen LogP contribution >= 0.6 is 11.6 Å². The number of aromatic nitrogens is 7. The maximum atomic E-state index is 11.8. The van der Waals surface area contributed by atoms with Gasteiger partial charge in [0.2, 0.25) is 11.8 Å². The SMILES string of the molecule is CC(C)(c1ccc(Oc2ccc3c(c2)C(=O)OC3=O)cc1)c1ccc(Oc2ccc3c(c2)C(=O)OC3=O)cc1.CCn1c2ccccc2c2cc(N)ccc21.Nc1nnc(-c2ccc(CO)cc2)o1.Nc1nnc(-c2ccccc2)o1.Nc1nnc(-c2ccccc2Cl)o1. The van der Waals surface area contributed by atoms with Crippen LogP contribution in [0.5, 0.6) is 23.0 Å². The lowest BCUT2D eigenvalue weighted by atomic mass is 9.78. The van der Waals surface area contributed by atoms with E-state index in [9.17, 15) is 19.2 Å². The number of cyclic esters (lactones) is 4. The first kappa shape index (κ1) is 63.1. The number of aliphatic hydroxyl groups excluding tert-OH is 1. The van der Waals surface area contributed by atoms with E-state index in [1.165, 1.54) is 46.1 Å². The third kappa shape index (κ3) is 14.2. The number of rotatable bonds is 11. The molecule has 23 nitrogen and oxygen atoms in total. The summed E-state index contributed by atoms with van der Waals surface area (Å²) in [5, 5.41) is 33.8. The Bertz CT molecular complexity index is 4770. The van der Waals surface area contributed by atoms with Crippen LogP contribution in [0, 0.1) is 0 Å². The number of carbonyl (C=O) groups is 4. The number of aliphatic hydroxyl groups is 1. The summed E-state index contributed by atoms with van der Waals surface area (Å²) in [5.41, 5.74) is 30.9. The van der Waals surface area contributed by atoms with Crippen LogP contribution in [0.1, 0.15) is 78.9 Å². The van der Waals surface area contributed by atoms with E-state index in [4.69, 9.17) is 62.4 Å². The maximum Gasteiger partial charge on any atom is 0.347 e. The number of nitrogens with zero attached hydrogens (tertiary/aromatic N) is 7. The number of benzene rings is 9. The Kier molecular flexibility index (Phi) is 18.6. The topological polar surface area (TPSA) is 351 Å². The van der Waals surface area contributed by atoms with E-state index >= 15 is 0 Å². The van der Waals surface area contributed by atoms with Gasteiger partial charge >= 0.3 is 41.9 Å². The van der Waals surface area contributed by atoms with Crippen molar-refractivity contribution in [3.8, 4) is 57.4 Å². The highest BCUT2D eigenvalue weighted by atomic mass is 35.5. The number of hydrogen-bond donors (Lipinski definition) is 5. The molecule has 0 amide bonds. The van der Waals surface area contributed by atoms with Gasteiger partial charge in [0.1, 0.15) is 23.0 Å². The zero-order valence-corrected chi connectivity index (χ0v) is 51.1. The molecular formula is C70H56ClN11O12. The average molecular weight is 1280 g/mol. The Morgan fingerprint density at radius 2 is 0.894 bits per heavy atom. The molecule has 9 aromatic carbocycles. The van der Waals surface area contributed by atoms with E-state index in [0.29, 0.717) is 51.3 Å². The second-order valence-corrected chi connectivity index (χ2v) is 21.6. The molecule has 2 aliphatic rings. The summed E-state index contributed by atoms with van der Waals surface area (Å²) in [4.78, 5) is 46.9. The molecule has 0 bridgehead atoms. The van der Waals surface area contributed by atoms with Gasteiger partial charge in [0.25, 0.3) is 5.89 Å². The fraction of sp³-hybridized carbons (Fsp3) is 0.0857. The molecule has 9 N–H and O–H groups in total. The Morgan fingerprint density at radius 3 is 1.38 bits per heavy atom. The number of para-hydroxylation sites is 1. The average Bonchev–Trinajstić information content (AvgIpc) is 1.60. The van der Waals surface area contributed by atoms with Crippen molar-refractivity contribution < 1.29 is 56.5 Å². The van der Waals surface area contributed by atoms with E-state index < -0.39 is 23.9 Å². The number of fused-ring (bicyclic) bond motifs is 5. The summed E-state index contributed by atoms with van der Waals surface area (Å²) in [6.07, 6.45) is 0. The van der Waals surface area contributed by atoms with E-state index in [2.05, 4.69) is 102 Å². The lowest BCUT2D eigenvalue weighted by Crippen LogP contribution is -2.18. The van der Waals surface area contributed by atoms with Crippen LogP contribution in [0.3, 0.4) is 0 Å². The lowest BCUT2D eigenvalue weighted by Gasteiger charge is -2.26. The number of nitrogens with two attached hydrogens (primary N) is 4. The highest BCUT2D eigenvalue weighted by Gasteiger charge is 2.31. The predicted molar refractivity (Wildman–Crippen MR) is 350 cm³/mol. The van der Waals surface area contributed by atoms with Gasteiger partial charge in [-0.05, 0) is 145 Å². The van der Waals surface area contributed by atoms with E-state index in [1.54, 1.807) is 48.5 Å². The normalized spacial score (nSPS) is 12.0. The van der Waals surface area contributed by atoms with Gasteiger partial charge in [-0.2, -0.15) is 0 Å². The molecule has 0 fully saturated rings. The van der Waals surface area contributed by atoms with Crippen LogP contribution in [-0.2, 0) is 28.0 Å². The lowest BCUT2D eigenvalue weighted by molar-refractivity contribution is 0.0425. The zero-order chi connectivity index (χ0) is 66.0. The van der Waals surface area contributed by atoms with Crippen LogP contribution in [-0.4, -0.2) is 64.1 Å². The Hall–Kier alpha value is -12.5. The van der Waals surface area contributed by atoms with E-state index in [1.807, 2.05) is 97.1 Å². The molecule has 4 aromatic heterocycles. The van der Waals surface area contributed by atoms with Gasteiger partial charge in [0.05, 0.1) is 39.4 Å². The number of halogens is 1. The minimum atomic E-state index is -0.678. The smallest absolute Gasteiger partial charge is 0.347 e. The van der Waals surface area contributed by atoms with Gasteiger partial charge in [-0.3, -0.25) is 0 Å². The number of anilines is 4. The first-order chi connectivity index (χ1) is 45.4. The van der Waals surface area contributed by atoms with Crippen molar-refractivity contribution in [1.82, 2.24) is 35.2 Å². The molecule has 94 heavy (non-hydrogen) atoms. The molecule has 0 atom stereocenters. The maximum absolute atomic E-state index is 11.8. The van der Waals surface area contributed by atoms with Crippen LogP contribution in [0.2, 0.25) is 5.02 Å². The number of aryl methyl sites for hydroxylation is 1. The van der Waals surface area contributed by atoms with Gasteiger partial charge in [-0.1, -0.05) is 126 Å². The number of carbonyl (C=O) groups excluding carboxylic acids is 4. The predicted octanol–water partition coefficient (Wildman–Crippen LogP) is 13.7. The fourth-order valence-corrected chi connectivity index (χ4v) is 10.2. The van der Waals surface area contributed by atoms with Gasteiger partial charge in [-0.15, -0.1) is 15.3 Å². The van der Waals surface area contributed by atoms with Crippen LogP contribution in [0.25, 0.3) is 56.2 Å². The molecule has 0 aliphatic carbocycles. The molecule has 2 aliphatic heterocycles. The number of esters is 4. The van der Waals surface area contributed by atoms with E-state index in [-0.39, 0.29) is 52.3 Å². The van der Waals surface area contributed by atoms with Gasteiger partial charge in [-0.25, -0.2) is 19.2 Å². The third-order valence-corrected chi connectivity index (χ3v) is 15.1. The molecule has 24 heteroatoms. The molecule has 0 spiro atoms. The largest absolute Gasteiger partial charge is 0.457 e. The minimum Gasteiger partial charge on any atom is -0.457 e. The molecule has 6 heterocycles. The summed E-state index contributed by atoms with van der Waals surface area (Å²) < 4.78 is 38.4. The van der Waals surface area contributed by atoms with Crippen LogP contribution < -0.4 is 32.4 Å². The third-order valence-electron chi connectivity index (χ3n) is 14.8. The van der Waals surface area contributed by atoms with Gasteiger partial charge < -0.3 is 64.8 Å². The molecule has 15 rings (SSSR count). The van der Waals surface area contributed by atoms with Crippen molar-refractivity contribution in [3.05, 3.63) is 250 Å². The summed E-state index contributed by atoms with van der Waals surface area (Å²) in [5.74, 6) is 0.519. The van der Waals surface area contributed by atoms with E-state index in [0.717, 1.165) is 40.0 Å². The quantitative estimate of drug-likeness (QED) is 0.0456. The molecule has 13 aromatic rings. The molecule has 470 valence electrons. The molecular weight excluding hydrogens is 1220 g/mol. The first-order valence-electron chi connectivity index (χ1n) is 28.8. The molecule has 0 saturated carbocycles. The number of hydrogen-bond acceptors (Lipinski definition) is 22. The highest BCUT2D eigenvalue weighted by molar-refractivity contribution is 6.33. The summed E-state index contributed by atoms with van der Waals surface area (Å²) in [7, 11) is 0. The highest BCUT2D eigenvalue weighted by Crippen LogP contribution is 2.37. The van der Waals surface area contributed by atoms with Crippen LogP contribution in [0.15, 0.2) is 220 Å². The monoisotopic (exact) mass is 1280 g/mol. The van der Waals surface area contributed by atoms with Gasteiger partial charge in [0.15, 0.2) is 0 Å². The molecule has 0 radical (unpaired) electrons. The summed E-state index contributed by atoms with van der Waals surface area (Å²) in [6, 6.07) is 63.1. The van der Waals surface area contributed by atoms with Crippen molar-refractivity contribution in [2.24, 2.45) is 0 Å². The standard InChI is InChI=1S/C31H20O8.C14H14N2.C9H9N3O2.C8H6ClN3O.C8H7N3O/c1-31(2,17-3-7-19(8-4-17)36-21-11-13-23-25(15-21)29(34)38-27(23)32)18-5-9-20(10-6-18)37-22-12-14-24-26(16-22)30(35)39-28(24)33;1-2-16-13-6-4-3-5-11(13)12-9-10(15)7-8-14(12)16;10-9-12-11-8(14-9)7-3-1-6(5-13)2-4-7;9-6-4-2-1-3-5(6)7-11-12-8(10)13-7;9-8-11-10-7(12-8)6-4-2-1-3-5-6/h3-16H,1-2H3;3-9H,2,15H2,1H3;1-4,13H,5H2,(H2,10,12);1-4H,(H2,10,12);1-5H,(H2,9,11).